The smallest absolute Gasteiger partial charge is 0.288 e. The molecule has 6 heteroatoms. The Hall–Kier alpha value is -3.28. The molecule has 3 aromatic rings. The van der Waals surface area contributed by atoms with Crippen LogP contribution in [0.25, 0.3) is 11.3 Å². The summed E-state index contributed by atoms with van der Waals surface area (Å²) < 4.78 is 16.5. The molecule has 0 aliphatic carbocycles. The molecule has 1 aromatic heterocycles. The molecule has 26 heavy (non-hydrogen) atoms. The quantitative estimate of drug-likeness (QED) is 0.471. The number of nitro benzene ring substituents is 1. The lowest BCUT2D eigenvalue weighted by Gasteiger charge is -2.03. The average molecular weight is 353 g/mol. The van der Waals surface area contributed by atoms with Crippen molar-refractivity contribution in [1.82, 2.24) is 0 Å². The molecule has 0 atom stereocenters. The summed E-state index contributed by atoms with van der Waals surface area (Å²) in [5.41, 5.74) is 3.84. The van der Waals surface area contributed by atoms with E-state index < -0.39 is 4.92 Å². The second-order valence-electron chi connectivity index (χ2n) is 5.86. The van der Waals surface area contributed by atoms with Crippen LogP contribution in [0.15, 0.2) is 52.9 Å². The molecule has 0 bridgehead atoms. The van der Waals surface area contributed by atoms with Crippen molar-refractivity contribution >= 4 is 5.69 Å². The lowest BCUT2D eigenvalue weighted by Crippen LogP contribution is -1.94. The van der Waals surface area contributed by atoms with E-state index in [0.29, 0.717) is 12.4 Å². The van der Waals surface area contributed by atoms with Gasteiger partial charge < -0.3 is 13.9 Å². The molecule has 2 aromatic carbocycles. The van der Waals surface area contributed by atoms with Crippen LogP contribution in [-0.2, 0) is 6.42 Å². The van der Waals surface area contributed by atoms with Crippen LogP contribution in [0.2, 0.25) is 0 Å². The molecule has 134 valence electrons. The van der Waals surface area contributed by atoms with Gasteiger partial charge in [-0.25, -0.2) is 0 Å². The zero-order chi connectivity index (χ0) is 18.7. The minimum absolute atomic E-state index is 0.0727. The minimum atomic E-state index is -0.407. The molecule has 0 saturated heterocycles. The van der Waals surface area contributed by atoms with E-state index in [4.69, 9.17) is 13.9 Å². The van der Waals surface area contributed by atoms with Crippen LogP contribution in [0.5, 0.6) is 11.7 Å². The zero-order valence-corrected chi connectivity index (χ0v) is 14.8. The van der Waals surface area contributed by atoms with Gasteiger partial charge in [0.15, 0.2) is 0 Å². The normalized spacial score (nSPS) is 10.6. The van der Waals surface area contributed by atoms with E-state index in [0.717, 1.165) is 33.8 Å². The van der Waals surface area contributed by atoms with Crippen molar-refractivity contribution in [2.24, 2.45) is 0 Å². The van der Waals surface area contributed by atoms with Gasteiger partial charge in [0.1, 0.15) is 11.5 Å². The van der Waals surface area contributed by atoms with E-state index in [1.807, 2.05) is 31.2 Å². The van der Waals surface area contributed by atoms with Crippen LogP contribution in [0.4, 0.5) is 5.69 Å². The number of benzene rings is 2. The second-order valence-corrected chi connectivity index (χ2v) is 5.86. The van der Waals surface area contributed by atoms with Crippen LogP contribution in [0.3, 0.4) is 0 Å². The summed E-state index contributed by atoms with van der Waals surface area (Å²) in [6.07, 6.45) is 0.562. The maximum Gasteiger partial charge on any atom is 0.288 e. The molecule has 0 spiro atoms. The van der Waals surface area contributed by atoms with Gasteiger partial charge in [-0.15, -0.1) is 0 Å². The van der Waals surface area contributed by atoms with Crippen LogP contribution < -0.4 is 9.47 Å². The van der Waals surface area contributed by atoms with Gasteiger partial charge in [0, 0.05) is 35.2 Å². The highest BCUT2D eigenvalue weighted by Gasteiger charge is 2.20. The summed E-state index contributed by atoms with van der Waals surface area (Å²) in [6.45, 7) is 1.98. The molecule has 6 nitrogen and oxygen atoms in total. The van der Waals surface area contributed by atoms with Gasteiger partial charge in [-0.2, -0.15) is 0 Å². The van der Waals surface area contributed by atoms with Gasteiger partial charge in [-0.1, -0.05) is 12.1 Å². The van der Waals surface area contributed by atoms with Gasteiger partial charge in [-0.3, -0.25) is 10.1 Å². The molecule has 0 saturated carbocycles. The van der Waals surface area contributed by atoms with Crippen molar-refractivity contribution in [3.05, 3.63) is 75.3 Å². The Labute approximate surface area is 151 Å². The minimum Gasteiger partial charge on any atom is -0.497 e. The topological polar surface area (TPSA) is 74.7 Å². The highest BCUT2D eigenvalue weighted by Crippen LogP contribution is 2.37. The number of nitro groups is 1. The predicted molar refractivity (Wildman–Crippen MR) is 97.9 cm³/mol. The highest BCUT2D eigenvalue weighted by atomic mass is 16.6. The zero-order valence-electron chi connectivity index (χ0n) is 14.8. The number of nitrogens with zero attached hydrogens (tertiary/aromatic N) is 1. The van der Waals surface area contributed by atoms with E-state index in [1.165, 1.54) is 12.1 Å². The van der Waals surface area contributed by atoms with E-state index in [2.05, 4.69) is 0 Å². The first-order chi connectivity index (χ1) is 12.5. The number of ether oxygens (including phenoxy) is 2. The monoisotopic (exact) mass is 353 g/mol. The maximum atomic E-state index is 10.8. The summed E-state index contributed by atoms with van der Waals surface area (Å²) in [5, 5.41) is 10.8. The van der Waals surface area contributed by atoms with Gasteiger partial charge in [0.25, 0.3) is 11.6 Å². The van der Waals surface area contributed by atoms with Crippen LogP contribution in [-0.4, -0.2) is 19.1 Å². The standard InChI is InChI=1S/C20H19NO5/c1-13-18(12-14-4-8-16(9-5-14)21(22)23)20(25-3)26-19(13)15-6-10-17(24-2)11-7-15/h4-11H,12H2,1-3H3. The first-order valence-electron chi connectivity index (χ1n) is 8.07. The Morgan fingerprint density at radius 1 is 1.00 bits per heavy atom. The average Bonchev–Trinajstić information content (AvgIpc) is 2.98. The largest absolute Gasteiger partial charge is 0.497 e. The fourth-order valence-corrected chi connectivity index (χ4v) is 2.85. The van der Waals surface area contributed by atoms with Crippen molar-refractivity contribution < 1.29 is 18.8 Å². The lowest BCUT2D eigenvalue weighted by atomic mass is 10.0. The molecule has 3 rings (SSSR count). The number of rotatable bonds is 6. The fourth-order valence-electron chi connectivity index (χ4n) is 2.85. The summed E-state index contributed by atoms with van der Waals surface area (Å²) >= 11 is 0. The Morgan fingerprint density at radius 2 is 1.65 bits per heavy atom. The van der Waals surface area contributed by atoms with Crippen molar-refractivity contribution in [2.75, 3.05) is 14.2 Å². The SMILES string of the molecule is COc1ccc(-c2oc(OC)c(Cc3ccc([N+](=O)[O-])cc3)c2C)cc1. The maximum absolute atomic E-state index is 10.8. The van der Waals surface area contributed by atoms with Gasteiger partial charge in [0.2, 0.25) is 0 Å². The Morgan fingerprint density at radius 3 is 2.19 bits per heavy atom. The molecule has 0 aliphatic rings. The van der Waals surface area contributed by atoms with Crippen LogP contribution >= 0.6 is 0 Å². The van der Waals surface area contributed by atoms with Crippen molar-refractivity contribution in [3.8, 4) is 23.0 Å². The molecule has 0 N–H and O–H groups in total. The molecule has 0 radical (unpaired) electrons. The summed E-state index contributed by atoms with van der Waals surface area (Å²) in [5.74, 6) is 1.96. The summed E-state index contributed by atoms with van der Waals surface area (Å²) in [7, 11) is 3.19. The van der Waals surface area contributed by atoms with Gasteiger partial charge >= 0.3 is 0 Å². The number of methoxy groups -OCH3 is 2. The van der Waals surface area contributed by atoms with Crippen LogP contribution in [0, 0.1) is 17.0 Å². The van der Waals surface area contributed by atoms with Gasteiger partial charge in [-0.05, 0) is 36.8 Å². The summed E-state index contributed by atoms with van der Waals surface area (Å²) in [4.78, 5) is 10.4. The Kier molecular flexibility index (Phi) is 4.93. The van der Waals surface area contributed by atoms with Crippen molar-refractivity contribution in [1.29, 1.82) is 0 Å². The number of non-ortho nitro benzene ring substituents is 1. The molecular formula is C20H19NO5. The number of hydrogen-bond donors (Lipinski definition) is 0. The Balaban J connectivity index is 1.94. The highest BCUT2D eigenvalue weighted by molar-refractivity contribution is 5.65. The second kappa shape index (κ2) is 7.31. The first kappa shape index (κ1) is 17.5. The predicted octanol–water partition coefficient (Wildman–Crippen LogP) is 4.77. The number of hydrogen-bond acceptors (Lipinski definition) is 5. The van der Waals surface area contributed by atoms with Crippen molar-refractivity contribution in [2.45, 2.75) is 13.3 Å². The van der Waals surface area contributed by atoms with E-state index in [9.17, 15) is 10.1 Å². The van der Waals surface area contributed by atoms with E-state index >= 15 is 0 Å². The third kappa shape index (κ3) is 3.39. The molecule has 0 aliphatic heterocycles. The third-order valence-corrected chi connectivity index (χ3v) is 4.30. The molecule has 0 amide bonds. The van der Waals surface area contributed by atoms with E-state index in [1.54, 1.807) is 26.4 Å². The first-order valence-corrected chi connectivity index (χ1v) is 8.07. The van der Waals surface area contributed by atoms with Crippen LogP contribution in [0.1, 0.15) is 16.7 Å². The summed E-state index contributed by atoms with van der Waals surface area (Å²) in [6, 6.07) is 14.1. The van der Waals surface area contributed by atoms with E-state index in [-0.39, 0.29) is 5.69 Å². The van der Waals surface area contributed by atoms with Crippen molar-refractivity contribution in [3.63, 3.8) is 0 Å². The molecule has 0 fully saturated rings. The van der Waals surface area contributed by atoms with Gasteiger partial charge in [0.05, 0.1) is 19.1 Å². The lowest BCUT2D eigenvalue weighted by molar-refractivity contribution is -0.384. The third-order valence-electron chi connectivity index (χ3n) is 4.30. The number of furan rings is 1. The molecule has 0 unspecified atom stereocenters. The molecular weight excluding hydrogens is 334 g/mol. The fraction of sp³-hybridized carbons (Fsp3) is 0.200. The molecule has 1 heterocycles. The Bertz CT molecular complexity index is 911.